The number of hydrogen-bond acceptors (Lipinski definition) is 3. The van der Waals surface area contributed by atoms with Crippen LogP contribution in [0.5, 0.6) is 0 Å². The monoisotopic (exact) mass is 407 g/mol. The molecule has 0 aliphatic rings. The van der Waals surface area contributed by atoms with E-state index >= 15 is 0 Å². The molecule has 1 rings (SSSR count). The van der Waals surface area contributed by atoms with Crippen LogP contribution in [0.25, 0.3) is 0 Å². The van der Waals surface area contributed by atoms with Crippen LogP contribution in [0.3, 0.4) is 0 Å². The summed E-state index contributed by atoms with van der Waals surface area (Å²) in [5, 5.41) is 11.8. The van der Waals surface area contributed by atoms with E-state index in [9.17, 15) is 9.59 Å². The number of amides is 1. The Morgan fingerprint density at radius 2 is 2.00 bits per heavy atom. The second-order valence-electron chi connectivity index (χ2n) is 4.03. The lowest BCUT2D eigenvalue weighted by Crippen LogP contribution is -2.17. The fourth-order valence-electron chi connectivity index (χ4n) is 1.48. The first-order chi connectivity index (χ1) is 9.45. The zero-order valence-corrected chi connectivity index (χ0v) is 14.1. The highest BCUT2D eigenvalue weighted by atomic mass is 79.9. The molecule has 20 heavy (non-hydrogen) atoms. The van der Waals surface area contributed by atoms with Gasteiger partial charge in [-0.2, -0.15) is 0 Å². The summed E-state index contributed by atoms with van der Waals surface area (Å²) in [4.78, 5) is 23.0. The van der Waals surface area contributed by atoms with Gasteiger partial charge in [-0.15, -0.1) is 0 Å². The normalized spacial score (nSPS) is 10.3. The van der Waals surface area contributed by atoms with Crippen LogP contribution in [0.4, 0.5) is 5.69 Å². The first-order valence-corrected chi connectivity index (χ1v) is 7.64. The van der Waals surface area contributed by atoms with Gasteiger partial charge in [0.25, 0.3) is 0 Å². The first-order valence-electron chi connectivity index (χ1n) is 6.05. The van der Waals surface area contributed by atoms with Gasteiger partial charge in [-0.25, -0.2) is 4.79 Å². The predicted molar refractivity (Wildman–Crippen MR) is 83.2 cm³/mol. The number of nitrogens with one attached hydrogen (secondary N) is 1. The molecule has 5 nitrogen and oxygen atoms in total. The van der Waals surface area contributed by atoms with Gasteiger partial charge in [0.2, 0.25) is 5.91 Å². The second kappa shape index (κ2) is 8.39. The summed E-state index contributed by atoms with van der Waals surface area (Å²) in [6, 6.07) is 3.12. The van der Waals surface area contributed by atoms with Crippen molar-refractivity contribution >= 4 is 49.4 Å². The highest BCUT2D eigenvalue weighted by Crippen LogP contribution is 2.31. The molecule has 0 saturated heterocycles. The van der Waals surface area contributed by atoms with Crippen molar-refractivity contribution in [1.82, 2.24) is 0 Å². The van der Waals surface area contributed by atoms with E-state index in [1.165, 1.54) is 6.07 Å². The highest BCUT2D eigenvalue weighted by molar-refractivity contribution is 9.11. The highest BCUT2D eigenvalue weighted by Gasteiger charge is 2.16. The molecule has 1 aromatic carbocycles. The average molecular weight is 409 g/mol. The van der Waals surface area contributed by atoms with Crippen LogP contribution in [0.1, 0.15) is 30.1 Å². The minimum Gasteiger partial charge on any atom is -0.478 e. The van der Waals surface area contributed by atoms with Gasteiger partial charge in [0, 0.05) is 15.6 Å². The maximum absolute atomic E-state index is 11.8. The summed E-state index contributed by atoms with van der Waals surface area (Å²) in [5.41, 5.74) is 0.273. The molecule has 0 spiro atoms. The van der Waals surface area contributed by atoms with E-state index in [0.717, 1.165) is 6.42 Å². The molecule has 0 fully saturated rings. The fourth-order valence-corrected chi connectivity index (χ4v) is 2.81. The molecule has 0 radical (unpaired) electrons. The van der Waals surface area contributed by atoms with Gasteiger partial charge in [0.15, 0.2) is 0 Å². The molecule has 0 bridgehead atoms. The van der Waals surface area contributed by atoms with Gasteiger partial charge in [-0.1, -0.05) is 22.9 Å². The van der Waals surface area contributed by atoms with Crippen LogP contribution in [-0.4, -0.2) is 30.2 Å². The SMILES string of the molecule is CCCOCCC(=O)Nc1c(Br)cc(Br)cc1C(=O)O. The number of aromatic carboxylic acids is 1. The van der Waals surface area contributed by atoms with E-state index in [2.05, 4.69) is 37.2 Å². The van der Waals surface area contributed by atoms with E-state index in [1.807, 2.05) is 6.92 Å². The summed E-state index contributed by atoms with van der Waals surface area (Å²) in [5.74, 6) is -1.39. The van der Waals surface area contributed by atoms with E-state index < -0.39 is 5.97 Å². The third kappa shape index (κ3) is 5.22. The van der Waals surface area contributed by atoms with Crippen LogP contribution in [-0.2, 0) is 9.53 Å². The lowest BCUT2D eigenvalue weighted by Gasteiger charge is -2.11. The van der Waals surface area contributed by atoms with Crippen molar-refractivity contribution < 1.29 is 19.4 Å². The van der Waals surface area contributed by atoms with Gasteiger partial charge in [-0.05, 0) is 34.5 Å². The Morgan fingerprint density at radius 3 is 2.60 bits per heavy atom. The van der Waals surface area contributed by atoms with E-state index in [0.29, 0.717) is 22.2 Å². The van der Waals surface area contributed by atoms with E-state index in [-0.39, 0.29) is 23.6 Å². The third-order valence-corrected chi connectivity index (χ3v) is 3.46. The largest absolute Gasteiger partial charge is 0.478 e. The van der Waals surface area contributed by atoms with Crippen LogP contribution in [0.2, 0.25) is 0 Å². The Balaban J connectivity index is 2.76. The van der Waals surface area contributed by atoms with Gasteiger partial charge in [0.05, 0.1) is 24.3 Å². The van der Waals surface area contributed by atoms with Gasteiger partial charge >= 0.3 is 5.97 Å². The lowest BCUT2D eigenvalue weighted by molar-refractivity contribution is -0.117. The molecule has 0 saturated carbocycles. The van der Waals surface area contributed by atoms with Crippen LogP contribution in [0, 0.1) is 0 Å². The molecule has 0 aliphatic carbocycles. The molecular weight excluding hydrogens is 394 g/mol. The number of carboxylic acid groups (broad SMARTS) is 1. The molecule has 0 unspecified atom stereocenters. The van der Waals surface area contributed by atoms with E-state index in [4.69, 9.17) is 9.84 Å². The van der Waals surface area contributed by atoms with Gasteiger partial charge in [0.1, 0.15) is 0 Å². The number of anilines is 1. The maximum Gasteiger partial charge on any atom is 0.337 e. The standard InChI is InChI=1S/C13H15Br2NO4/c1-2-4-20-5-3-11(17)16-12-9(13(18)19)6-8(14)7-10(12)15/h6-7H,2-5H2,1H3,(H,16,17)(H,18,19). The van der Waals surface area contributed by atoms with Crippen LogP contribution >= 0.6 is 31.9 Å². The minimum absolute atomic E-state index is 0.0223. The molecule has 110 valence electrons. The Kier molecular flexibility index (Phi) is 7.18. The molecule has 1 aromatic rings. The van der Waals surface area contributed by atoms with Crippen LogP contribution in [0.15, 0.2) is 21.1 Å². The molecule has 0 aromatic heterocycles. The number of hydrogen-bond donors (Lipinski definition) is 2. The van der Waals surface area contributed by atoms with Crippen LogP contribution < -0.4 is 5.32 Å². The zero-order chi connectivity index (χ0) is 15.1. The van der Waals surface area contributed by atoms with Crippen molar-refractivity contribution in [2.24, 2.45) is 0 Å². The number of carbonyl (C=O) groups excluding carboxylic acids is 1. The van der Waals surface area contributed by atoms with Crippen molar-refractivity contribution in [3.8, 4) is 0 Å². The number of carbonyl (C=O) groups is 2. The zero-order valence-electron chi connectivity index (χ0n) is 10.9. The Hall–Kier alpha value is -0.920. The number of benzene rings is 1. The van der Waals surface area contributed by atoms with Crippen molar-refractivity contribution in [1.29, 1.82) is 0 Å². The molecule has 1 amide bonds. The van der Waals surface area contributed by atoms with E-state index in [1.54, 1.807) is 6.07 Å². The Bertz CT molecular complexity index is 505. The molecule has 2 N–H and O–H groups in total. The number of ether oxygens (including phenoxy) is 1. The predicted octanol–water partition coefficient (Wildman–Crippen LogP) is 3.67. The fraction of sp³-hybridized carbons (Fsp3) is 0.385. The molecule has 0 atom stereocenters. The van der Waals surface area contributed by atoms with Crippen molar-refractivity contribution in [2.75, 3.05) is 18.5 Å². The molecule has 0 heterocycles. The minimum atomic E-state index is -1.11. The number of rotatable bonds is 7. The summed E-state index contributed by atoms with van der Waals surface area (Å²) < 4.78 is 6.35. The number of carboxylic acids is 1. The van der Waals surface area contributed by atoms with Gasteiger partial charge in [-0.3, -0.25) is 4.79 Å². The van der Waals surface area contributed by atoms with Gasteiger partial charge < -0.3 is 15.2 Å². The summed E-state index contributed by atoms with van der Waals surface area (Å²) in [6.07, 6.45) is 1.07. The maximum atomic E-state index is 11.8. The van der Waals surface area contributed by atoms with Crippen molar-refractivity contribution in [2.45, 2.75) is 19.8 Å². The van der Waals surface area contributed by atoms with Crippen molar-refractivity contribution in [3.05, 3.63) is 26.6 Å². The molecule has 0 aliphatic heterocycles. The molecule has 7 heteroatoms. The summed E-state index contributed by atoms with van der Waals surface area (Å²) in [6.45, 7) is 2.91. The summed E-state index contributed by atoms with van der Waals surface area (Å²) in [7, 11) is 0. The average Bonchev–Trinajstić information content (AvgIpc) is 2.37. The quantitative estimate of drug-likeness (QED) is 0.675. The smallest absolute Gasteiger partial charge is 0.337 e. The van der Waals surface area contributed by atoms with Crippen molar-refractivity contribution in [3.63, 3.8) is 0 Å². The topological polar surface area (TPSA) is 75.6 Å². The first kappa shape index (κ1) is 17.1. The Morgan fingerprint density at radius 1 is 1.30 bits per heavy atom. The second-order valence-corrected chi connectivity index (χ2v) is 5.80. The third-order valence-electron chi connectivity index (χ3n) is 2.37. The molecular formula is C13H15Br2NO4. The number of halogens is 2. The Labute approximate surface area is 134 Å². The lowest BCUT2D eigenvalue weighted by atomic mass is 10.1. The summed E-state index contributed by atoms with van der Waals surface area (Å²) >= 11 is 6.46.